The van der Waals surface area contributed by atoms with Crippen molar-refractivity contribution in [2.45, 2.75) is 31.4 Å². The highest BCUT2D eigenvalue weighted by atomic mass is 16.4. The summed E-state index contributed by atoms with van der Waals surface area (Å²) in [7, 11) is 0. The van der Waals surface area contributed by atoms with Gasteiger partial charge < -0.3 is 19.7 Å². The minimum atomic E-state index is -0.659. The SMILES string of the molecule is C=CCNC(=O)N1CCCC1CC(O)c1ccco1. The minimum Gasteiger partial charge on any atom is -0.467 e. The van der Waals surface area contributed by atoms with Gasteiger partial charge in [0.25, 0.3) is 0 Å². The number of rotatable bonds is 5. The highest BCUT2D eigenvalue weighted by Gasteiger charge is 2.30. The first-order valence-electron chi connectivity index (χ1n) is 6.59. The third-order valence-corrected chi connectivity index (χ3v) is 3.40. The van der Waals surface area contributed by atoms with Gasteiger partial charge >= 0.3 is 6.03 Å². The fourth-order valence-corrected chi connectivity index (χ4v) is 2.46. The van der Waals surface area contributed by atoms with Crippen LogP contribution in [0.4, 0.5) is 4.79 Å². The number of nitrogens with zero attached hydrogens (tertiary/aromatic N) is 1. The van der Waals surface area contributed by atoms with Crippen molar-refractivity contribution in [1.29, 1.82) is 0 Å². The second kappa shape index (κ2) is 6.43. The van der Waals surface area contributed by atoms with Crippen molar-refractivity contribution >= 4 is 6.03 Å². The summed E-state index contributed by atoms with van der Waals surface area (Å²) in [5.74, 6) is 0.554. The number of urea groups is 1. The van der Waals surface area contributed by atoms with E-state index in [9.17, 15) is 9.90 Å². The molecule has 5 nitrogen and oxygen atoms in total. The van der Waals surface area contributed by atoms with Gasteiger partial charge in [-0.1, -0.05) is 6.08 Å². The Morgan fingerprint density at radius 1 is 1.74 bits per heavy atom. The van der Waals surface area contributed by atoms with E-state index < -0.39 is 6.10 Å². The van der Waals surface area contributed by atoms with Crippen LogP contribution in [0.15, 0.2) is 35.5 Å². The zero-order valence-corrected chi connectivity index (χ0v) is 10.9. The molecule has 0 bridgehead atoms. The van der Waals surface area contributed by atoms with Crippen LogP contribution >= 0.6 is 0 Å². The number of nitrogens with one attached hydrogen (secondary N) is 1. The molecule has 2 unspecified atom stereocenters. The zero-order valence-electron chi connectivity index (χ0n) is 10.9. The molecular formula is C14H20N2O3. The van der Waals surface area contributed by atoms with Crippen LogP contribution < -0.4 is 5.32 Å². The standard InChI is InChI=1S/C14H20N2O3/c1-2-7-15-14(18)16-8-3-5-11(16)10-12(17)13-6-4-9-19-13/h2,4,6,9,11-12,17H,1,3,5,7-8,10H2,(H,15,18). The first-order chi connectivity index (χ1) is 9.22. The number of carbonyl (C=O) groups is 1. The molecule has 0 aliphatic carbocycles. The summed E-state index contributed by atoms with van der Waals surface area (Å²) in [4.78, 5) is 13.7. The predicted octanol–water partition coefficient (Wildman–Crippen LogP) is 2.06. The maximum absolute atomic E-state index is 11.9. The molecule has 5 heteroatoms. The van der Waals surface area contributed by atoms with E-state index in [1.54, 1.807) is 29.4 Å². The molecule has 1 fully saturated rings. The Bertz CT molecular complexity index is 416. The molecule has 0 aromatic carbocycles. The van der Waals surface area contributed by atoms with Crippen LogP contribution in [0.25, 0.3) is 0 Å². The van der Waals surface area contributed by atoms with E-state index in [0.29, 0.717) is 18.7 Å². The molecule has 2 amide bonds. The van der Waals surface area contributed by atoms with E-state index >= 15 is 0 Å². The Kier molecular flexibility index (Phi) is 4.63. The molecule has 104 valence electrons. The van der Waals surface area contributed by atoms with Gasteiger partial charge in [0.05, 0.1) is 6.26 Å². The smallest absolute Gasteiger partial charge is 0.317 e. The van der Waals surface area contributed by atoms with Crippen LogP contribution in [0.5, 0.6) is 0 Å². The van der Waals surface area contributed by atoms with Crippen LogP contribution in [-0.2, 0) is 0 Å². The predicted molar refractivity (Wildman–Crippen MR) is 71.6 cm³/mol. The van der Waals surface area contributed by atoms with Crippen molar-refractivity contribution in [1.82, 2.24) is 10.2 Å². The lowest BCUT2D eigenvalue weighted by molar-refractivity contribution is 0.108. The average molecular weight is 264 g/mol. The molecule has 2 heterocycles. The molecule has 0 spiro atoms. The maximum atomic E-state index is 11.9. The summed E-state index contributed by atoms with van der Waals surface area (Å²) in [6.45, 7) is 4.77. The van der Waals surface area contributed by atoms with Gasteiger partial charge in [-0.2, -0.15) is 0 Å². The van der Waals surface area contributed by atoms with E-state index in [1.807, 2.05) is 0 Å². The third kappa shape index (κ3) is 3.38. The van der Waals surface area contributed by atoms with Gasteiger partial charge in [0, 0.05) is 25.6 Å². The summed E-state index contributed by atoms with van der Waals surface area (Å²) >= 11 is 0. The molecule has 2 N–H and O–H groups in total. The molecule has 0 saturated carbocycles. The number of carbonyl (C=O) groups excluding carboxylic acids is 1. The van der Waals surface area contributed by atoms with Gasteiger partial charge in [0.15, 0.2) is 0 Å². The van der Waals surface area contributed by atoms with E-state index in [2.05, 4.69) is 11.9 Å². The number of hydrogen-bond acceptors (Lipinski definition) is 3. The number of hydrogen-bond donors (Lipinski definition) is 2. The van der Waals surface area contributed by atoms with Gasteiger partial charge in [-0.25, -0.2) is 4.79 Å². The Balaban J connectivity index is 1.91. The Labute approximate surface area is 112 Å². The molecule has 2 atom stereocenters. The first kappa shape index (κ1) is 13.7. The van der Waals surface area contributed by atoms with Crippen LogP contribution in [0, 0.1) is 0 Å². The maximum Gasteiger partial charge on any atom is 0.317 e. The van der Waals surface area contributed by atoms with Gasteiger partial charge in [-0.3, -0.25) is 0 Å². The third-order valence-electron chi connectivity index (χ3n) is 3.40. The topological polar surface area (TPSA) is 65.7 Å². The lowest BCUT2D eigenvalue weighted by atomic mass is 10.1. The molecule has 1 aliphatic rings. The molecule has 2 rings (SSSR count). The normalized spacial score (nSPS) is 20.3. The number of aliphatic hydroxyl groups excluding tert-OH is 1. The summed E-state index contributed by atoms with van der Waals surface area (Å²) in [5, 5.41) is 12.9. The number of aliphatic hydroxyl groups is 1. The van der Waals surface area contributed by atoms with Crippen molar-refractivity contribution in [2.24, 2.45) is 0 Å². The fourth-order valence-electron chi connectivity index (χ4n) is 2.46. The molecule has 1 aromatic rings. The van der Waals surface area contributed by atoms with Gasteiger partial charge in [0.2, 0.25) is 0 Å². The monoisotopic (exact) mass is 264 g/mol. The van der Waals surface area contributed by atoms with Gasteiger partial charge in [0.1, 0.15) is 11.9 Å². The van der Waals surface area contributed by atoms with Crippen molar-refractivity contribution in [3.05, 3.63) is 36.8 Å². The highest BCUT2D eigenvalue weighted by molar-refractivity contribution is 5.75. The second-order valence-electron chi connectivity index (χ2n) is 4.73. The molecule has 1 saturated heterocycles. The average Bonchev–Trinajstić information content (AvgIpc) is 3.06. The lowest BCUT2D eigenvalue weighted by Crippen LogP contribution is -2.43. The molecule has 1 aliphatic heterocycles. The van der Waals surface area contributed by atoms with Gasteiger partial charge in [-0.05, 0) is 25.0 Å². The van der Waals surface area contributed by atoms with Gasteiger partial charge in [-0.15, -0.1) is 6.58 Å². The summed E-state index contributed by atoms with van der Waals surface area (Å²) < 4.78 is 5.18. The number of amides is 2. The largest absolute Gasteiger partial charge is 0.467 e. The van der Waals surface area contributed by atoms with E-state index in [0.717, 1.165) is 19.4 Å². The van der Waals surface area contributed by atoms with Crippen LogP contribution in [0.2, 0.25) is 0 Å². The zero-order chi connectivity index (χ0) is 13.7. The molecule has 1 aromatic heterocycles. The number of likely N-dealkylation sites (tertiary alicyclic amines) is 1. The molecule has 0 radical (unpaired) electrons. The Morgan fingerprint density at radius 3 is 3.26 bits per heavy atom. The van der Waals surface area contributed by atoms with Crippen molar-refractivity contribution < 1.29 is 14.3 Å². The minimum absolute atomic E-state index is 0.0601. The Hall–Kier alpha value is -1.75. The second-order valence-corrected chi connectivity index (χ2v) is 4.73. The molecular weight excluding hydrogens is 244 g/mol. The first-order valence-corrected chi connectivity index (χ1v) is 6.59. The lowest BCUT2D eigenvalue weighted by Gasteiger charge is -2.26. The van der Waals surface area contributed by atoms with E-state index in [1.165, 1.54) is 0 Å². The van der Waals surface area contributed by atoms with Crippen molar-refractivity contribution in [3.8, 4) is 0 Å². The summed E-state index contributed by atoms with van der Waals surface area (Å²) in [6.07, 6.45) is 4.93. The number of furan rings is 1. The van der Waals surface area contributed by atoms with E-state index in [-0.39, 0.29) is 12.1 Å². The summed E-state index contributed by atoms with van der Waals surface area (Å²) in [5.41, 5.74) is 0. The summed E-state index contributed by atoms with van der Waals surface area (Å²) in [6, 6.07) is 3.47. The van der Waals surface area contributed by atoms with E-state index in [4.69, 9.17) is 4.42 Å². The Morgan fingerprint density at radius 2 is 2.58 bits per heavy atom. The fraction of sp³-hybridized carbons (Fsp3) is 0.500. The van der Waals surface area contributed by atoms with Crippen LogP contribution in [0.3, 0.4) is 0 Å². The molecule has 19 heavy (non-hydrogen) atoms. The van der Waals surface area contributed by atoms with Crippen molar-refractivity contribution in [3.63, 3.8) is 0 Å². The van der Waals surface area contributed by atoms with Crippen LogP contribution in [0.1, 0.15) is 31.1 Å². The van der Waals surface area contributed by atoms with Crippen LogP contribution in [-0.4, -0.2) is 35.2 Å². The quantitative estimate of drug-likeness (QED) is 0.800. The van der Waals surface area contributed by atoms with Crippen molar-refractivity contribution in [2.75, 3.05) is 13.1 Å². The highest BCUT2D eigenvalue weighted by Crippen LogP contribution is 2.27.